The predicted molar refractivity (Wildman–Crippen MR) is 95.4 cm³/mol. The summed E-state index contributed by atoms with van der Waals surface area (Å²) in [5, 5.41) is 3.18. The zero-order chi connectivity index (χ0) is 16.2. The van der Waals surface area contributed by atoms with Gasteiger partial charge >= 0.3 is 0 Å². The van der Waals surface area contributed by atoms with Crippen LogP contribution in [0.1, 0.15) is 5.69 Å². The number of nitrogens with zero attached hydrogens (tertiary/aromatic N) is 2. The van der Waals surface area contributed by atoms with Crippen LogP contribution in [0.15, 0.2) is 46.4 Å². The van der Waals surface area contributed by atoms with E-state index in [2.05, 4.69) is 25.9 Å². The Morgan fingerprint density at radius 2 is 2.13 bits per heavy atom. The number of methoxy groups -OCH3 is 1. The van der Waals surface area contributed by atoms with Gasteiger partial charge in [0.15, 0.2) is 10.9 Å². The van der Waals surface area contributed by atoms with Crippen molar-refractivity contribution in [2.45, 2.75) is 6.61 Å². The van der Waals surface area contributed by atoms with Gasteiger partial charge in [0.1, 0.15) is 17.4 Å². The lowest BCUT2D eigenvalue weighted by atomic mass is 10.2. The second kappa shape index (κ2) is 7.29. The highest BCUT2D eigenvalue weighted by Crippen LogP contribution is 2.34. The molecule has 0 saturated heterocycles. The molecule has 3 rings (SSSR count). The first-order valence-electron chi connectivity index (χ1n) is 6.69. The number of benzene rings is 1. The van der Waals surface area contributed by atoms with Crippen LogP contribution in [0.2, 0.25) is 5.15 Å². The van der Waals surface area contributed by atoms with Gasteiger partial charge in [-0.25, -0.2) is 9.97 Å². The van der Waals surface area contributed by atoms with Gasteiger partial charge in [0, 0.05) is 16.0 Å². The predicted octanol–water partition coefficient (Wildman–Crippen LogP) is 5.21. The number of aromatic nitrogens is 2. The Kier molecular flexibility index (Phi) is 5.15. The number of hydrogen-bond acceptors (Lipinski definition) is 5. The summed E-state index contributed by atoms with van der Waals surface area (Å²) in [6, 6.07) is 9.39. The third-order valence-corrected chi connectivity index (χ3v) is 4.75. The summed E-state index contributed by atoms with van der Waals surface area (Å²) in [5.74, 6) is 1.33. The van der Waals surface area contributed by atoms with Crippen LogP contribution >= 0.6 is 38.9 Å². The van der Waals surface area contributed by atoms with Crippen LogP contribution in [0, 0.1) is 0 Å². The van der Waals surface area contributed by atoms with Gasteiger partial charge < -0.3 is 9.47 Å². The average molecular weight is 412 g/mol. The molecule has 0 spiro atoms. The number of thiazole rings is 1. The van der Waals surface area contributed by atoms with E-state index in [1.54, 1.807) is 25.4 Å². The zero-order valence-corrected chi connectivity index (χ0v) is 15.3. The normalized spacial score (nSPS) is 10.6. The molecule has 118 valence electrons. The smallest absolute Gasteiger partial charge is 0.171 e. The molecule has 0 bridgehead atoms. The minimum absolute atomic E-state index is 0.332. The molecule has 0 fully saturated rings. The Labute approximate surface area is 151 Å². The first kappa shape index (κ1) is 16.2. The molecular weight excluding hydrogens is 400 g/mol. The lowest BCUT2D eigenvalue weighted by molar-refractivity contribution is 0.301. The fraction of sp³-hybridized carbons (Fsp3) is 0.125. The molecule has 1 aromatic carbocycles. The van der Waals surface area contributed by atoms with E-state index in [0.29, 0.717) is 17.5 Å². The largest absolute Gasteiger partial charge is 0.496 e. The molecule has 0 atom stereocenters. The molecule has 0 aliphatic rings. The van der Waals surface area contributed by atoms with Crippen molar-refractivity contribution in [3.63, 3.8) is 0 Å². The summed E-state index contributed by atoms with van der Waals surface area (Å²) in [5.41, 5.74) is 1.77. The van der Waals surface area contributed by atoms with E-state index in [1.165, 1.54) is 11.3 Å². The van der Waals surface area contributed by atoms with Crippen LogP contribution in [-0.2, 0) is 6.61 Å². The number of ether oxygens (including phenoxy) is 2. The number of halogens is 2. The molecule has 2 aromatic heterocycles. The summed E-state index contributed by atoms with van der Waals surface area (Å²) in [7, 11) is 1.65. The molecule has 0 aliphatic carbocycles. The summed E-state index contributed by atoms with van der Waals surface area (Å²) in [4.78, 5) is 8.58. The van der Waals surface area contributed by atoms with Crippen LogP contribution < -0.4 is 9.47 Å². The third-order valence-electron chi connectivity index (χ3n) is 3.04. The van der Waals surface area contributed by atoms with Gasteiger partial charge in [0.25, 0.3) is 0 Å². The second-order valence-electron chi connectivity index (χ2n) is 4.57. The molecule has 0 aliphatic heterocycles. The van der Waals surface area contributed by atoms with Crippen molar-refractivity contribution in [3.05, 3.63) is 57.2 Å². The van der Waals surface area contributed by atoms with E-state index in [9.17, 15) is 0 Å². The SMILES string of the molecule is COc1ccc(Br)cc1-c1nc(COc2cccnc2Cl)cs1. The molecule has 0 radical (unpaired) electrons. The average Bonchev–Trinajstić information content (AvgIpc) is 3.03. The minimum Gasteiger partial charge on any atom is -0.496 e. The van der Waals surface area contributed by atoms with E-state index in [4.69, 9.17) is 21.1 Å². The molecule has 0 unspecified atom stereocenters. The first-order chi connectivity index (χ1) is 11.2. The summed E-state index contributed by atoms with van der Waals surface area (Å²) in [6.07, 6.45) is 1.62. The highest BCUT2D eigenvalue weighted by molar-refractivity contribution is 9.10. The van der Waals surface area contributed by atoms with Gasteiger partial charge in [-0.3, -0.25) is 0 Å². The molecule has 4 nitrogen and oxygen atoms in total. The van der Waals surface area contributed by atoms with Crippen molar-refractivity contribution < 1.29 is 9.47 Å². The fourth-order valence-corrected chi connectivity index (χ4v) is 3.33. The van der Waals surface area contributed by atoms with Crippen LogP contribution in [-0.4, -0.2) is 17.1 Å². The Morgan fingerprint density at radius 1 is 1.26 bits per heavy atom. The van der Waals surface area contributed by atoms with E-state index < -0.39 is 0 Å². The van der Waals surface area contributed by atoms with E-state index in [0.717, 1.165) is 26.5 Å². The van der Waals surface area contributed by atoms with Gasteiger partial charge in [0.05, 0.1) is 18.4 Å². The minimum atomic E-state index is 0.332. The third kappa shape index (κ3) is 3.83. The molecule has 0 saturated carbocycles. The summed E-state index contributed by atoms with van der Waals surface area (Å²) < 4.78 is 12.0. The standard InChI is InChI=1S/C16H12BrClN2O2S/c1-21-13-5-4-10(17)7-12(13)16-20-11(9-23-16)8-22-14-3-2-6-19-15(14)18/h2-7,9H,8H2,1H3. The number of hydrogen-bond donors (Lipinski definition) is 0. The van der Waals surface area contributed by atoms with Crippen molar-refractivity contribution in [1.29, 1.82) is 0 Å². The van der Waals surface area contributed by atoms with Crippen LogP contribution in [0.4, 0.5) is 0 Å². The molecule has 2 heterocycles. The van der Waals surface area contributed by atoms with E-state index >= 15 is 0 Å². The monoisotopic (exact) mass is 410 g/mol. The lowest BCUT2D eigenvalue weighted by Crippen LogP contribution is -1.97. The summed E-state index contributed by atoms with van der Waals surface area (Å²) >= 11 is 11.0. The van der Waals surface area contributed by atoms with Crippen molar-refractivity contribution in [2.24, 2.45) is 0 Å². The molecular formula is C16H12BrClN2O2S. The van der Waals surface area contributed by atoms with Crippen molar-refractivity contribution in [3.8, 4) is 22.1 Å². The number of rotatable bonds is 5. The fourth-order valence-electron chi connectivity index (χ4n) is 1.97. The van der Waals surface area contributed by atoms with Crippen molar-refractivity contribution in [1.82, 2.24) is 9.97 Å². The van der Waals surface area contributed by atoms with Crippen LogP contribution in [0.25, 0.3) is 10.6 Å². The molecule has 7 heteroatoms. The Balaban J connectivity index is 1.79. The molecule has 3 aromatic rings. The topological polar surface area (TPSA) is 44.2 Å². The maximum atomic E-state index is 5.97. The van der Waals surface area contributed by atoms with Gasteiger partial charge in [0.2, 0.25) is 0 Å². The van der Waals surface area contributed by atoms with Crippen LogP contribution in [0.5, 0.6) is 11.5 Å². The van der Waals surface area contributed by atoms with Gasteiger partial charge in [-0.1, -0.05) is 27.5 Å². The second-order valence-corrected chi connectivity index (χ2v) is 6.70. The van der Waals surface area contributed by atoms with Crippen molar-refractivity contribution >= 4 is 38.9 Å². The Hall–Kier alpha value is -1.63. The first-order valence-corrected chi connectivity index (χ1v) is 8.74. The van der Waals surface area contributed by atoms with Gasteiger partial charge in [-0.05, 0) is 30.3 Å². The lowest BCUT2D eigenvalue weighted by Gasteiger charge is -2.06. The Bertz CT molecular complexity index is 825. The number of pyridine rings is 1. The van der Waals surface area contributed by atoms with Crippen LogP contribution in [0.3, 0.4) is 0 Å². The highest BCUT2D eigenvalue weighted by Gasteiger charge is 2.12. The van der Waals surface area contributed by atoms with Gasteiger partial charge in [-0.2, -0.15) is 0 Å². The van der Waals surface area contributed by atoms with Crippen molar-refractivity contribution in [2.75, 3.05) is 7.11 Å². The zero-order valence-electron chi connectivity index (χ0n) is 12.1. The highest BCUT2D eigenvalue weighted by atomic mass is 79.9. The van der Waals surface area contributed by atoms with Gasteiger partial charge in [-0.15, -0.1) is 11.3 Å². The molecule has 0 N–H and O–H groups in total. The van der Waals surface area contributed by atoms with E-state index in [-0.39, 0.29) is 0 Å². The summed E-state index contributed by atoms with van der Waals surface area (Å²) in [6.45, 7) is 0.332. The molecule has 23 heavy (non-hydrogen) atoms. The maximum absolute atomic E-state index is 5.97. The molecule has 0 amide bonds. The van der Waals surface area contributed by atoms with E-state index in [1.807, 2.05) is 23.6 Å². The Morgan fingerprint density at radius 3 is 2.91 bits per heavy atom. The maximum Gasteiger partial charge on any atom is 0.171 e. The quantitative estimate of drug-likeness (QED) is 0.541.